The Kier molecular flexibility index (Phi) is 9.04. The predicted molar refractivity (Wildman–Crippen MR) is 133 cm³/mol. The van der Waals surface area contributed by atoms with E-state index < -0.39 is 12.2 Å². The molecule has 0 saturated carbocycles. The predicted octanol–water partition coefficient (Wildman–Crippen LogP) is -0.0359. The second-order valence-corrected chi connectivity index (χ2v) is 11.7. The van der Waals surface area contributed by atoms with Gasteiger partial charge in [-0.2, -0.15) is 0 Å². The van der Waals surface area contributed by atoms with Gasteiger partial charge in [0.15, 0.2) is 0 Å². The van der Waals surface area contributed by atoms with Gasteiger partial charge in [0.25, 0.3) is 0 Å². The van der Waals surface area contributed by atoms with Crippen molar-refractivity contribution in [2.45, 2.75) is 61.5 Å². The summed E-state index contributed by atoms with van der Waals surface area (Å²) in [6.07, 6.45) is 6.74. The first-order chi connectivity index (χ1) is 17.1. The molecule has 5 aliphatic heterocycles. The molecule has 9 atom stereocenters. The van der Waals surface area contributed by atoms with E-state index in [0.717, 1.165) is 64.4 Å². The Morgan fingerprint density at radius 2 is 2.06 bits per heavy atom. The van der Waals surface area contributed by atoms with E-state index in [1.54, 1.807) is 11.8 Å². The van der Waals surface area contributed by atoms with Crippen LogP contribution in [0.4, 0.5) is 0 Å². The largest absolute Gasteiger partial charge is 0.396 e. The number of aliphatic hydroxyl groups is 2. The van der Waals surface area contributed by atoms with Crippen LogP contribution in [0.15, 0.2) is 12.2 Å². The number of morpholine rings is 1. The second kappa shape index (κ2) is 12.2. The molecule has 0 spiro atoms. The van der Waals surface area contributed by atoms with Crippen molar-refractivity contribution >= 4 is 17.7 Å². The van der Waals surface area contributed by atoms with E-state index in [4.69, 9.17) is 14.2 Å². The number of amides is 1. The molecule has 10 heteroatoms. The SMILES string of the molecule is O=C(NC1C/C=C/C(CN2CCOCC2)CSC2OC1C(O)C2CO)C1NCC2CCCCOC21. The number of hydrogen-bond acceptors (Lipinski definition) is 9. The summed E-state index contributed by atoms with van der Waals surface area (Å²) in [5.74, 6) is 1.09. The summed E-state index contributed by atoms with van der Waals surface area (Å²) >= 11 is 1.66. The van der Waals surface area contributed by atoms with E-state index in [2.05, 4.69) is 27.7 Å². The first-order valence-corrected chi connectivity index (χ1v) is 14.4. The van der Waals surface area contributed by atoms with Gasteiger partial charge in [-0.3, -0.25) is 9.69 Å². The van der Waals surface area contributed by atoms with Crippen LogP contribution in [0.1, 0.15) is 25.7 Å². The van der Waals surface area contributed by atoms with Gasteiger partial charge in [-0.05, 0) is 31.1 Å². The molecule has 5 aliphatic rings. The number of carbonyl (C=O) groups excluding carboxylic acids is 1. The van der Waals surface area contributed by atoms with Crippen molar-refractivity contribution in [3.05, 3.63) is 12.2 Å². The maximum absolute atomic E-state index is 13.4. The number of hydrogen-bond donors (Lipinski definition) is 4. The lowest BCUT2D eigenvalue weighted by Crippen LogP contribution is -2.55. The van der Waals surface area contributed by atoms with Crippen molar-refractivity contribution in [2.75, 3.05) is 58.4 Å². The number of fused-ring (bicyclic) bond motifs is 3. The van der Waals surface area contributed by atoms with Gasteiger partial charge in [0.05, 0.1) is 38.1 Å². The van der Waals surface area contributed by atoms with Crippen LogP contribution in [0.3, 0.4) is 0 Å². The van der Waals surface area contributed by atoms with Gasteiger partial charge in [-0.25, -0.2) is 0 Å². The van der Waals surface area contributed by atoms with E-state index in [-0.39, 0.29) is 42.1 Å². The zero-order valence-electron chi connectivity index (χ0n) is 20.4. The van der Waals surface area contributed by atoms with Crippen LogP contribution >= 0.6 is 11.8 Å². The molecule has 4 saturated heterocycles. The Bertz CT molecular complexity index is 738. The topological polar surface area (TPSA) is 113 Å². The summed E-state index contributed by atoms with van der Waals surface area (Å²) in [6.45, 7) is 5.71. The number of aliphatic hydroxyl groups excluding tert-OH is 2. The molecule has 9 unspecified atom stereocenters. The van der Waals surface area contributed by atoms with Crippen LogP contribution in [-0.2, 0) is 19.0 Å². The van der Waals surface area contributed by atoms with Crippen molar-refractivity contribution in [1.82, 2.24) is 15.5 Å². The lowest BCUT2D eigenvalue weighted by Gasteiger charge is -2.31. The molecular weight excluding hydrogens is 470 g/mol. The minimum absolute atomic E-state index is 0.0906. The lowest BCUT2D eigenvalue weighted by atomic mass is 9.94. The normalized spacial score (nSPS) is 43.8. The fraction of sp³-hybridized carbons (Fsp3) is 0.880. The Morgan fingerprint density at radius 1 is 1.20 bits per heavy atom. The first kappa shape index (κ1) is 25.9. The highest BCUT2D eigenvalue weighted by Crippen LogP contribution is 2.38. The van der Waals surface area contributed by atoms with Crippen LogP contribution < -0.4 is 10.6 Å². The molecule has 5 heterocycles. The summed E-state index contributed by atoms with van der Waals surface area (Å²) in [4.78, 5) is 15.8. The molecule has 0 aromatic heterocycles. The summed E-state index contributed by atoms with van der Waals surface area (Å²) < 4.78 is 17.9. The second-order valence-electron chi connectivity index (χ2n) is 10.6. The van der Waals surface area contributed by atoms with Crippen molar-refractivity contribution in [2.24, 2.45) is 17.8 Å². The van der Waals surface area contributed by atoms with Crippen molar-refractivity contribution in [3.63, 3.8) is 0 Å². The number of rotatable bonds is 5. The Labute approximate surface area is 212 Å². The Hall–Kier alpha value is -0.720. The molecule has 0 radical (unpaired) electrons. The highest BCUT2D eigenvalue weighted by atomic mass is 32.2. The third-order valence-corrected chi connectivity index (χ3v) is 9.59. The van der Waals surface area contributed by atoms with Crippen LogP contribution in [0.25, 0.3) is 0 Å². The third kappa shape index (κ3) is 6.06. The monoisotopic (exact) mass is 511 g/mol. The van der Waals surface area contributed by atoms with Gasteiger partial charge >= 0.3 is 0 Å². The molecule has 1 amide bonds. The molecule has 0 aliphatic carbocycles. The van der Waals surface area contributed by atoms with E-state index in [1.165, 1.54) is 0 Å². The average Bonchev–Trinajstić information content (AvgIpc) is 3.32. The fourth-order valence-electron chi connectivity index (χ4n) is 6.15. The zero-order valence-corrected chi connectivity index (χ0v) is 21.2. The summed E-state index contributed by atoms with van der Waals surface area (Å²) in [5, 5.41) is 27.7. The molecule has 35 heavy (non-hydrogen) atoms. The van der Waals surface area contributed by atoms with Crippen LogP contribution in [0.5, 0.6) is 0 Å². The van der Waals surface area contributed by atoms with Crippen molar-refractivity contribution < 1.29 is 29.2 Å². The standard InChI is InChI=1S/C25H41N3O6S/c29-14-18-21(30)23-19(27-24(31)20-22-17(12-26-20)5-1-2-9-33-22)6-3-4-16(15-35-25(18)34-23)13-28-7-10-32-11-8-28/h3-4,16-23,25-26,29-30H,1-2,5-15H2,(H,27,31)/b4-3+. The molecule has 5 rings (SSSR count). The van der Waals surface area contributed by atoms with E-state index >= 15 is 0 Å². The van der Waals surface area contributed by atoms with Crippen LogP contribution in [0.2, 0.25) is 0 Å². The van der Waals surface area contributed by atoms with Gasteiger partial charge in [0, 0.05) is 44.5 Å². The van der Waals surface area contributed by atoms with Crippen molar-refractivity contribution in [1.29, 1.82) is 0 Å². The molecule has 0 aromatic rings. The smallest absolute Gasteiger partial charge is 0.240 e. The van der Waals surface area contributed by atoms with Gasteiger partial charge < -0.3 is 35.1 Å². The molecular formula is C25H41N3O6S. The van der Waals surface area contributed by atoms with Gasteiger partial charge in [0.1, 0.15) is 17.6 Å². The number of ether oxygens (including phenoxy) is 3. The maximum Gasteiger partial charge on any atom is 0.240 e. The number of nitrogens with one attached hydrogen (secondary N) is 2. The lowest BCUT2D eigenvalue weighted by molar-refractivity contribution is -0.128. The minimum atomic E-state index is -0.828. The molecule has 198 valence electrons. The third-order valence-electron chi connectivity index (χ3n) is 8.18. The Morgan fingerprint density at radius 3 is 2.89 bits per heavy atom. The Balaban J connectivity index is 1.28. The van der Waals surface area contributed by atoms with E-state index in [0.29, 0.717) is 24.9 Å². The van der Waals surface area contributed by atoms with Crippen LogP contribution in [-0.4, -0.2) is 115 Å². The zero-order chi connectivity index (χ0) is 24.2. The molecule has 9 nitrogen and oxygen atoms in total. The van der Waals surface area contributed by atoms with Crippen molar-refractivity contribution in [3.8, 4) is 0 Å². The average molecular weight is 512 g/mol. The summed E-state index contributed by atoms with van der Waals surface area (Å²) in [5.41, 5.74) is -0.294. The quantitative estimate of drug-likeness (QED) is 0.378. The minimum Gasteiger partial charge on any atom is -0.396 e. The molecule has 4 N–H and O–H groups in total. The highest BCUT2D eigenvalue weighted by molar-refractivity contribution is 7.99. The van der Waals surface area contributed by atoms with Gasteiger partial charge in [-0.1, -0.05) is 18.6 Å². The summed E-state index contributed by atoms with van der Waals surface area (Å²) in [6, 6.07) is -0.758. The number of thioether (sulfide) groups is 1. The summed E-state index contributed by atoms with van der Waals surface area (Å²) in [7, 11) is 0. The highest BCUT2D eigenvalue weighted by Gasteiger charge is 2.48. The fourth-order valence-corrected chi connectivity index (χ4v) is 7.50. The van der Waals surface area contributed by atoms with Gasteiger partial charge in [0.2, 0.25) is 5.91 Å². The van der Waals surface area contributed by atoms with E-state index in [9.17, 15) is 15.0 Å². The van der Waals surface area contributed by atoms with Gasteiger partial charge in [-0.15, -0.1) is 11.8 Å². The molecule has 2 bridgehead atoms. The van der Waals surface area contributed by atoms with E-state index in [1.807, 2.05) is 0 Å². The molecule has 4 fully saturated rings. The number of nitrogens with zero attached hydrogens (tertiary/aromatic N) is 1. The number of carbonyl (C=O) groups is 1. The van der Waals surface area contributed by atoms with Crippen LogP contribution in [0, 0.1) is 17.8 Å². The maximum atomic E-state index is 13.4. The first-order valence-electron chi connectivity index (χ1n) is 13.3. The molecule has 0 aromatic carbocycles.